The molecule has 122 valence electrons. The Hall–Kier alpha value is -1.88. The van der Waals surface area contributed by atoms with Crippen molar-refractivity contribution in [3.05, 3.63) is 35.2 Å². The summed E-state index contributed by atoms with van der Waals surface area (Å²) in [6.45, 7) is 6.52. The van der Waals surface area contributed by atoms with Gasteiger partial charge < -0.3 is 9.42 Å². The van der Waals surface area contributed by atoms with Crippen LogP contribution in [0.25, 0.3) is 11.4 Å². The molecule has 1 aliphatic heterocycles. The molecule has 2 heterocycles. The van der Waals surface area contributed by atoms with Gasteiger partial charge in [-0.25, -0.2) is 0 Å². The van der Waals surface area contributed by atoms with E-state index in [1.54, 1.807) is 12.1 Å². The van der Waals surface area contributed by atoms with Gasteiger partial charge in [0, 0.05) is 22.5 Å². The van der Waals surface area contributed by atoms with Crippen LogP contribution in [0.2, 0.25) is 5.02 Å². The van der Waals surface area contributed by atoms with E-state index in [1.165, 1.54) is 0 Å². The number of nitrogens with zero attached hydrogens (tertiary/aromatic N) is 3. The Balaban J connectivity index is 1.84. The highest BCUT2D eigenvalue weighted by Crippen LogP contribution is 2.35. The number of likely N-dealkylation sites (tertiary alicyclic amines) is 1. The van der Waals surface area contributed by atoms with Crippen molar-refractivity contribution in [2.75, 3.05) is 6.54 Å². The summed E-state index contributed by atoms with van der Waals surface area (Å²) in [6, 6.07) is 7.15. The minimum Gasteiger partial charge on any atom is -0.337 e. The average Bonchev–Trinajstić information content (AvgIpc) is 3.15. The second-order valence-electron chi connectivity index (χ2n) is 6.87. The van der Waals surface area contributed by atoms with E-state index in [4.69, 9.17) is 16.1 Å². The Bertz CT molecular complexity index is 703. The van der Waals surface area contributed by atoms with E-state index in [9.17, 15) is 4.79 Å². The molecular weight excluding hydrogens is 314 g/mol. The highest BCUT2D eigenvalue weighted by molar-refractivity contribution is 6.30. The summed E-state index contributed by atoms with van der Waals surface area (Å²) in [4.78, 5) is 18.9. The molecule has 1 amide bonds. The summed E-state index contributed by atoms with van der Waals surface area (Å²) in [5.41, 5.74) is 0.429. The van der Waals surface area contributed by atoms with Gasteiger partial charge in [-0.3, -0.25) is 4.79 Å². The first-order valence-corrected chi connectivity index (χ1v) is 8.14. The largest absolute Gasteiger partial charge is 0.337 e. The predicted octanol–water partition coefficient (Wildman–Crippen LogP) is 4.10. The quantitative estimate of drug-likeness (QED) is 0.830. The van der Waals surface area contributed by atoms with Crippen LogP contribution in [0.4, 0.5) is 0 Å². The van der Waals surface area contributed by atoms with Gasteiger partial charge in [0.15, 0.2) is 0 Å². The molecule has 1 fully saturated rings. The van der Waals surface area contributed by atoms with Crippen LogP contribution >= 0.6 is 11.6 Å². The normalized spacial score (nSPS) is 18.4. The fraction of sp³-hybridized carbons (Fsp3) is 0.471. The zero-order valence-corrected chi connectivity index (χ0v) is 14.3. The molecule has 23 heavy (non-hydrogen) atoms. The van der Waals surface area contributed by atoms with Crippen LogP contribution in [0.1, 0.15) is 45.5 Å². The van der Waals surface area contributed by atoms with Crippen molar-refractivity contribution in [2.45, 2.75) is 39.7 Å². The number of amides is 1. The standard InChI is InChI=1S/C17H20ClN3O2/c1-17(2,3)16(22)21-10-4-5-13(21)15-19-14(20-23-15)11-6-8-12(18)9-7-11/h6-9,13H,4-5,10H2,1-3H3/t13-/m0/s1. The van der Waals surface area contributed by atoms with Gasteiger partial charge in [0.05, 0.1) is 0 Å². The lowest BCUT2D eigenvalue weighted by molar-refractivity contribution is -0.140. The molecule has 0 bridgehead atoms. The van der Waals surface area contributed by atoms with E-state index in [2.05, 4.69) is 10.1 Å². The van der Waals surface area contributed by atoms with E-state index < -0.39 is 5.41 Å². The number of carbonyl (C=O) groups is 1. The maximum absolute atomic E-state index is 12.6. The lowest BCUT2D eigenvalue weighted by Gasteiger charge is -2.29. The predicted molar refractivity (Wildman–Crippen MR) is 87.9 cm³/mol. The minimum absolute atomic E-state index is 0.117. The number of halogens is 1. The Labute approximate surface area is 140 Å². The SMILES string of the molecule is CC(C)(C)C(=O)N1CCC[C@H]1c1nc(-c2ccc(Cl)cc2)no1. The number of rotatable bonds is 2. The van der Waals surface area contributed by atoms with Gasteiger partial charge in [-0.2, -0.15) is 4.98 Å². The van der Waals surface area contributed by atoms with Gasteiger partial charge in [-0.1, -0.05) is 37.5 Å². The third-order valence-electron chi connectivity index (χ3n) is 3.98. The Morgan fingerprint density at radius 3 is 2.65 bits per heavy atom. The molecule has 0 spiro atoms. The highest BCUT2D eigenvalue weighted by Gasteiger charge is 2.38. The molecule has 6 heteroatoms. The van der Waals surface area contributed by atoms with Crippen LogP contribution < -0.4 is 0 Å². The van der Waals surface area contributed by atoms with Crippen LogP contribution in [-0.4, -0.2) is 27.5 Å². The van der Waals surface area contributed by atoms with Crippen LogP contribution in [0.3, 0.4) is 0 Å². The topological polar surface area (TPSA) is 59.2 Å². The van der Waals surface area contributed by atoms with Gasteiger partial charge in [0.25, 0.3) is 0 Å². The molecule has 5 nitrogen and oxygen atoms in total. The van der Waals surface area contributed by atoms with Crippen LogP contribution in [0.15, 0.2) is 28.8 Å². The van der Waals surface area contributed by atoms with Crippen LogP contribution in [0, 0.1) is 5.41 Å². The molecule has 1 atom stereocenters. The summed E-state index contributed by atoms with van der Waals surface area (Å²) in [6.07, 6.45) is 1.80. The first-order chi connectivity index (χ1) is 10.9. The van der Waals surface area contributed by atoms with Crippen LogP contribution in [-0.2, 0) is 4.79 Å². The maximum atomic E-state index is 12.6. The summed E-state index contributed by atoms with van der Waals surface area (Å²) >= 11 is 5.90. The number of hydrogen-bond acceptors (Lipinski definition) is 4. The van der Waals surface area contributed by atoms with Crippen molar-refractivity contribution in [3.8, 4) is 11.4 Å². The van der Waals surface area contributed by atoms with Crippen molar-refractivity contribution in [3.63, 3.8) is 0 Å². The molecule has 3 rings (SSSR count). The zero-order chi connectivity index (χ0) is 16.6. The molecule has 0 N–H and O–H groups in total. The van der Waals surface area contributed by atoms with Gasteiger partial charge >= 0.3 is 0 Å². The smallest absolute Gasteiger partial charge is 0.249 e. The van der Waals surface area contributed by atoms with E-state index in [-0.39, 0.29) is 11.9 Å². The molecule has 2 aromatic rings. The summed E-state index contributed by atoms with van der Waals surface area (Å²) in [5.74, 6) is 1.14. The van der Waals surface area contributed by atoms with Crippen molar-refractivity contribution < 1.29 is 9.32 Å². The third kappa shape index (κ3) is 3.24. The number of hydrogen-bond donors (Lipinski definition) is 0. The van der Waals surface area contributed by atoms with Gasteiger partial charge in [-0.15, -0.1) is 0 Å². The van der Waals surface area contributed by atoms with Crippen molar-refractivity contribution in [1.82, 2.24) is 15.0 Å². The van der Waals surface area contributed by atoms with E-state index in [1.807, 2.05) is 37.8 Å². The van der Waals surface area contributed by atoms with E-state index in [0.29, 0.717) is 16.7 Å². The fourth-order valence-electron chi connectivity index (χ4n) is 2.78. The number of carbonyl (C=O) groups excluding carboxylic acids is 1. The minimum atomic E-state index is -0.415. The van der Waals surface area contributed by atoms with Crippen molar-refractivity contribution in [2.24, 2.45) is 5.41 Å². The van der Waals surface area contributed by atoms with Crippen molar-refractivity contribution in [1.29, 1.82) is 0 Å². The molecule has 0 aliphatic carbocycles. The molecule has 0 radical (unpaired) electrons. The third-order valence-corrected chi connectivity index (χ3v) is 4.24. The molecule has 1 aromatic heterocycles. The Kier molecular flexibility index (Phi) is 4.15. The lowest BCUT2D eigenvalue weighted by Crippen LogP contribution is -2.39. The average molecular weight is 334 g/mol. The lowest BCUT2D eigenvalue weighted by atomic mass is 9.94. The molecule has 1 saturated heterocycles. The van der Waals surface area contributed by atoms with E-state index >= 15 is 0 Å². The molecule has 0 unspecified atom stereocenters. The number of benzene rings is 1. The molecular formula is C17H20ClN3O2. The second-order valence-corrected chi connectivity index (χ2v) is 7.31. The zero-order valence-electron chi connectivity index (χ0n) is 13.5. The van der Waals surface area contributed by atoms with Gasteiger partial charge in [0.1, 0.15) is 6.04 Å². The molecule has 1 aromatic carbocycles. The monoisotopic (exact) mass is 333 g/mol. The first kappa shape index (κ1) is 16.0. The second kappa shape index (κ2) is 5.96. The maximum Gasteiger partial charge on any atom is 0.249 e. The number of aromatic nitrogens is 2. The first-order valence-electron chi connectivity index (χ1n) is 7.77. The Morgan fingerprint density at radius 2 is 2.00 bits per heavy atom. The van der Waals surface area contributed by atoms with Gasteiger partial charge in [0.2, 0.25) is 17.6 Å². The van der Waals surface area contributed by atoms with E-state index in [0.717, 1.165) is 24.9 Å². The molecule has 0 saturated carbocycles. The Morgan fingerprint density at radius 1 is 1.30 bits per heavy atom. The summed E-state index contributed by atoms with van der Waals surface area (Å²) in [7, 11) is 0. The van der Waals surface area contributed by atoms with Crippen LogP contribution in [0.5, 0.6) is 0 Å². The summed E-state index contributed by atoms with van der Waals surface area (Å²) in [5, 5.41) is 4.71. The van der Waals surface area contributed by atoms with Gasteiger partial charge in [-0.05, 0) is 37.1 Å². The van der Waals surface area contributed by atoms with Crippen molar-refractivity contribution >= 4 is 17.5 Å². The highest BCUT2D eigenvalue weighted by atomic mass is 35.5. The molecule has 1 aliphatic rings. The fourth-order valence-corrected chi connectivity index (χ4v) is 2.91. The summed E-state index contributed by atoms with van der Waals surface area (Å²) < 4.78 is 5.44.